The monoisotopic (exact) mass is 251 g/mol. The molecule has 0 bridgehead atoms. The number of carbonyl (C=O) groups is 1. The Balaban J connectivity index is 2.52. The van der Waals surface area contributed by atoms with Crippen LogP contribution in [0.15, 0.2) is 30.3 Å². The van der Waals surface area contributed by atoms with Crippen LogP contribution in [0.3, 0.4) is 0 Å². The van der Waals surface area contributed by atoms with Crippen molar-refractivity contribution in [3.8, 4) is 0 Å². The van der Waals surface area contributed by atoms with E-state index in [2.05, 4.69) is 0 Å². The zero-order valence-electron chi connectivity index (χ0n) is 10.5. The van der Waals surface area contributed by atoms with E-state index in [0.717, 1.165) is 18.4 Å². The highest BCUT2D eigenvalue weighted by Crippen LogP contribution is 2.24. The first-order chi connectivity index (χ1) is 8.65. The van der Waals surface area contributed by atoms with Crippen LogP contribution in [0.2, 0.25) is 0 Å². The molecule has 0 aliphatic rings. The SMILES string of the molecule is NCCCCC(CC(O)c1ccccc1)C(=O)O. The summed E-state index contributed by atoms with van der Waals surface area (Å²) in [4.78, 5) is 11.1. The summed E-state index contributed by atoms with van der Waals surface area (Å²) in [6.07, 6.45) is 1.71. The van der Waals surface area contributed by atoms with Crippen LogP contribution in [-0.2, 0) is 4.79 Å². The van der Waals surface area contributed by atoms with Gasteiger partial charge in [-0.05, 0) is 31.4 Å². The number of aliphatic hydroxyl groups excluding tert-OH is 1. The summed E-state index contributed by atoms with van der Waals surface area (Å²) in [5.74, 6) is -1.35. The largest absolute Gasteiger partial charge is 0.481 e. The van der Waals surface area contributed by atoms with Crippen LogP contribution >= 0.6 is 0 Å². The summed E-state index contributed by atoms with van der Waals surface area (Å²) in [6.45, 7) is 0.577. The van der Waals surface area contributed by atoms with Crippen LogP contribution in [-0.4, -0.2) is 22.7 Å². The van der Waals surface area contributed by atoms with Gasteiger partial charge in [-0.15, -0.1) is 0 Å². The van der Waals surface area contributed by atoms with E-state index >= 15 is 0 Å². The number of hydrogen-bond acceptors (Lipinski definition) is 3. The molecule has 1 aromatic rings. The third kappa shape index (κ3) is 4.85. The molecule has 100 valence electrons. The predicted octanol–water partition coefficient (Wildman–Crippen LogP) is 1.94. The molecule has 0 heterocycles. The molecule has 0 fully saturated rings. The third-order valence-corrected chi connectivity index (χ3v) is 3.05. The van der Waals surface area contributed by atoms with Gasteiger partial charge in [0.1, 0.15) is 0 Å². The Bertz CT molecular complexity index is 353. The maximum atomic E-state index is 11.1. The quantitative estimate of drug-likeness (QED) is 0.616. The Labute approximate surface area is 107 Å². The maximum Gasteiger partial charge on any atom is 0.306 e. The van der Waals surface area contributed by atoms with Gasteiger partial charge in [0, 0.05) is 0 Å². The smallest absolute Gasteiger partial charge is 0.306 e. The van der Waals surface area contributed by atoms with Gasteiger partial charge >= 0.3 is 5.97 Å². The molecule has 0 saturated carbocycles. The zero-order valence-corrected chi connectivity index (χ0v) is 10.5. The summed E-state index contributed by atoms with van der Waals surface area (Å²) in [6, 6.07) is 9.16. The van der Waals surface area contributed by atoms with E-state index in [9.17, 15) is 9.90 Å². The molecule has 0 saturated heterocycles. The number of benzene rings is 1. The molecule has 0 amide bonds. The van der Waals surface area contributed by atoms with Gasteiger partial charge in [-0.25, -0.2) is 0 Å². The number of nitrogens with two attached hydrogens (primary N) is 1. The van der Waals surface area contributed by atoms with E-state index in [1.54, 1.807) is 0 Å². The lowest BCUT2D eigenvalue weighted by Gasteiger charge is -2.17. The maximum absolute atomic E-state index is 11.1. The van der Waals surface area contributed by atoms with Crippen LogP contribution in [0.4, 0.5) is 0 Å². The fourth-order valence-corrected chi connectivity index (χ4v) is 1.96. The number of unbranched alkanes of at least 4 members (excludes halogenated alkanes) is 1. The first-order valence-electron chi connectivity index (χ1n) is 6.31. The lowest BCUT2D eigenvalue weighted by atomic mass is 9.92. The van der Waals surface area contributed by atoms with Crippen molar-refractivity contribution in [3.63, 3.8) is 0 Å². The molecule has 1 aromatic carbocycles. The Morgan fingerprint density at radius 2 is 1.89 bits per heavy atom. The Morgan fingerprint density at radius 1 is 1.22 bits per heavy atom. The molecular weight excluding hydrogens is 230 g/mol. The molecule has 0 radical (unpaired) electrons. The van der Waals surface area contributed by atoms with Gasteiger partial charge < -0.3 is 15.9 Å². The Kier molecular flexibility index (Phi) is 6.39. The molecule has 2 unspecified atom stereocenters. The third-order valence-electron chi connectivity index (χ3n) is 3.05. The van der Waals surface area contributed by atoms with Gasteiger partial charge in [0.05, 0.1) is 12.0 Å². The average Bonchev–Trinajstić information content (AvgIpc) is 2.38. The minimum Gasteiger partial charge on any atom is -0.481 e. The summed E-state index contributed by atoms with van der Waals surface area (Å²) in [5, 5.41) is 19.1. The topological polar surface area (TPSA) is 83.5 Å². The molecule has 4 heteroatoms. The highest BCUT2D eigenvalue weighted by Gasteiger charge is 2.21. The summed E-state index contributed by atoms with van der Waals surface area (Å²) in [7, 11) is 0. The van der Waals surface area contributed by atoms with Crippen molar-refractivity contribution in [1.82, 2.24) is 0 Å². The standard InChI is InChI=1S/C14H21NO3/c15-9-5-4-8-12(14(17)18)10-13(16)11-6-2-1-3-7-11/h1-3,6-7,12-13,16H,4-5,8-10,15H2,(H,17,18). The second-order valence-electron chi connectivity index (χ2n) is 4.48. The van der Waals surface area contributed by atoms with E-state index in [1.165, 1.54) is 0 Å². The van der Waals surface area contributed by atoms with Gasteiger partial charge in [-0.1, -0.05) is 36.8 Å². The summed E-state index contributed by atoms with van der Waals surface area (Å²) in [5.41, 5.74) is 6.15. The second kappa shape index (κ2) is 7.84. The first-order valence-corrected chi connectivity index (χ1v) is 6.31. The second-order valence-corrected chi connectivity index (χ2v) is 4.48. The zero-order chi connectivity index (χ0) is 13.4. The minimum atomic E-state index is -0.845. The molecule has 0 aromatic heterocycles. The molecule has 0 spiro atoms. The van der Waals surface area contributed by atoms with Crippen LogP contribution in [0, 0.1) is 5.92 Å². The molecule has 4 nitrogen and oxygen atoms in total. The molecule has 1 rings (SSSR count). The molecular formula is C14H21NO3. The first kappa shape index (κ1) is 14.7. The Morgan fingerprint density at radius 3 is 2.44 bits per heavy atom. The predicted molar refractivity (Wildman–Crippen MR) is 70.1 cm³/mol. The van der Waals surface area contributed by atoms with E-state index < -0.39 is 18.0 Å². The highest BCUT2D eigenvalue weighted by atomic mass is 16.4. The van der Waals surface area contributed by atoms with Crippen molar-refractivity contribution in [2.24, 2.45) is 11.7 Å². The molecule has 0 aliphatic carbocycles. The lowest BCUT2D eigenvalue weighted by Crippen LogP contribution is -2.17. The van der Waals surface area contributed by atoms with Gasteiger partial charge in [-0.3, -0.25) is 4.79 Å². The van der Waals surface area contributed by atoms with E-state index in [0.29, 0.717) is 13.0 Å². The number of rotatable bonds is 8. The van der Waals surface area contributed by atoms with Crippen LogP contribution in [0.5, 0.6) is 0 Å². The fourth-order valence-electron chi connectivity index (χ4n) is 1.96. The number of aliphatic carboxylic acids is 1. The van der Waals surface area contributed by atoms with Crippen molar-refractivity contribution in [1.29, 1.82) is 0 Å². The van der Waals surface area contributed by atoms with Crippen molar-refractivity contribution in [2.75, 3.05) is 6.54 Å². The summed E-state index contributed by atoms with van der Waals surface area (Å²) < 4.78 is 0. The van der Waals surface area contributed by atoms with Crippen molar-refractivity contribution in [2.45, 2.75) is 31.8 Å². The Hall–Kier alpha value is -1.39. The number of carboxylic acids is 1. The van der Waals surface area contributed by atoms with Gasteiger partial charge in [0.15, 0.2) is 0 Å². The van der Waals surface area contributed by atoms with Crippen molar-refractivity contribution >= 4 is 5.97 Å². The van der Waals surface area contributed by atoms with Crippen LogP contribution in [0.25, 0.3) is 0 Å². The van der Waals surface area contributed by atoms with Crippen LogP contribution in [0.1, 0.15) is 37.4 Å². The number of aliphatic hydroxyl groups is 1. The van der Waals surface area contributed by atoms with E-state index in [-0.39, 0.29) is 6.42 Å². The fraction of sp³-hybridized carbons (Fsp3) is 0.500. The molecule has 0 aliphatic heterocycles. The molecule has 2 atom stereocenters. The van der Waals surface area contributed by atoms with Crippen molar-refractivity contribution < 1.29 is 15.0 Å². The van der Waals surface area contributed by atoms with Gasteiger partial charge in [0.2, 0.25) is 0 Å². The number of carboxylic acid groups (broad SMARTS) is 1. The van der Waals surface area contributed by atoms with Gasteiger partial charge in [0.25, 0.3) is 0 Å². The van der Waals surface area contributed by atoms with E-state index in [1.807, 2.05) is 30.3 Å². The normalized spacial score (nSPS) is 14.1. The average molecular weight is 251 g/mol. The van der Waals surface area contributed by atoms with E-state index in [4.69, 9.17) is 10.8 Å². The molecule has 4 N–H and O–H groups in total. The van der Waals surface area contributed by atoms with Crippen molar-refractivity contribution in [3.05, 3.63) is 35.9 Å². The molecule has 18 heavy (non-hydrogen) atoms. The minimum absolute atomic E-state index is 0.254. The lowest BCUT2D eigenvalue weighted by molar-refractivity contribution is -0.143. The summed E-state index contributed by atoms with van der Waals surface area (Å²) >= 11 is 0. The highest BCUT2D eigenvalue weighted by molar-refractivity contribution is 5.70. The van der Waals surface area contributed by atoms with Gasteiger partial charge in [-0.2, -0.15) is 0 Å². The van der Waals surface area contributed by atoms with Crippen LogP contribution < -0.4 is 5.73 Å². The number of hydrogen-bond donors (Lipinski definition) is 3.